The van der Waals surface area contributed by atoms with Crippen molar-refractivity contribution in [3.63, 3.8) is 0 Å². The molecule has 1 atom stereocenters. The first-order valence-corrected chi connectivity index (χ1v) is 6.98. The molecule has 106 valence electrons. The number of nitrogens with one attached hydrogen (secondary N) is 1. The second-order valence-electron chi connectivity index (χ2n) is 3.74. The molecular formula is C12H18N2O4S. The molecule has 0 aliphatic heterocycles. The van der Waals surface area contributed by atoms with Gasteiger partial charge in [-0.15, -0.1) is 0 Å². The third-order valence-electron chi connectivity index (χ3n) is 2.32. The number of carbonyl (C=O) groups excluding carboxylic acids is 1. The van der Waals surface area contributed by atoms with Gasteiger partial charge in [0, 0.05) is 25.4 Å². The predicted molar refractivity (Wildman–Crippen MR) is 73.6 cm³/mol. The monoisotopic (exact) mass is 286 g/mol. The lowest BCUT2D eigenvalue weighted by Crippen LogP contribution is -2.31. The molecule has 0 bridgehead atoms. The standard InChI is InChI=1S/C12H18N2O4S/c1-17-6-5-14-12(15)8-19(16)11-4-3-9(13)7-10(11)18-2/h3-4,7H,5-6,8,13H2,1-2H3,(H,14,15). The van der Waals surface area contributed by atoms with Crippen molar-refractivity contribution in [2.45, 2.75) is 4.90 Å². The van der Waals surface area contributed by atoms with E-state index < -0.39 is 10.8 Å². The van der Waals surface area contributed by atoms with Crippen LogP contribution in [0.2, 0.25) is 0 Å². The first kappa shape index (κ1) is 15.5. The molecule has 6 nitrogen and oxygen atoms in total. The van der Waals surface area contributed by atoms with Crippen LogP contribution in [-0.2, 0) is 20.3 Å². The number of amides is 1. The molecule has 1 rings (SSSR count). The number of rotatable bonds is 7. The van der Waals surface area contributed by atoms with Crippen LogP contribution in [0.5, 0.6) is 5.75 Å². The van der Waals surface area contributed by atoms with Crippen LogP contribution in [-0.4, -0.2) is 43.2 Å². The van der Waals surface area contributed by atoms with Gasteiger partial charge in [-0.3, -0.25) is 9.00 Å². The molecular weight excluding hydrogens is 268 g/mol. The van der Waals surface area contributed by atoms with Crippen LogP contribution in [0.1, 0.15) is 0 Å². The summed E-state index contributed by atoms with van der Waals surface area (Å²) < 4.78 is 22.0. The van der Waals surface area contributed by atoms with Crippen LogP contribution in [0.4, 0.5) is 5.69 Å². The number of ether oxygens (including phenoxy) is 2. The van der Waals surface area contributed by atoms with E-state index in [-0.39, 0.29) is 11.7 Å². The van der Waals surface area contributed by atoms with E-state index in [0.29, 0.717) is 29.5 Å². The Labute approximate surface area is 114 Å². The third-order valence-corrected chi connectivity index (χ3v) is 3.68. The first-order chi connectivity index (χ1) is 9.08. The Kier molecular flexibility index (Phi) is 6.31. The smallest absolute Gasteiger partial charge is 0.233 e. The van der Waals surface area contributed by atoms with Crippen molar-refractivity contribution < 1.29 is 18.5 Å². The van der Waals surface area contributed by atoms with Gasteiger partial charge < -0.3 is 20.5 Å². The fourth-order valence-electron chi connectivity index (χ4n) is 1.41. The molecule has 0 aliphatic carbocycles. The van der Waals surface area contributed by atoms with Crippen LogP contribution < -0.4 is 15.8 Å². The number of hydrogen-bond donors (Lipinski definition) is 2. The van der Waals surface area contributed by atoms with Crippen LogP contribution in [0.3, 0.4) is 0 Å². The van der Waals surface area contributed by atoms with Crippen molar-refractivity contribution in [1.29, 1.82) is 0 Å². The van der Waals surface area contributed by atoms with Gasteiger partial charge in [0.1, 0.15) is 11.5 Å². The van der Waals surface area contributed by atoms with E-state index in [9.17, 15) is 9.00 Å². The molecule has 19 heavy (non-hydrogen) atoms. The minimum absolute atomic E-state index is 0.121. The van der Waals surface area contributed by atoms with Crippen molar-refractivity contribution in [2.24, 2.45) is 0 Å². The maximum Gasteiger partial charge on any atom is 0.233 e. The highest BCUT2D eigenvalue weighted by molar-refractivity contribution is 7.85. The van der Waals surface area contributed by atoms with E-state index in [1.54, 1.807) is 25.3 Å². The Morgan fingerprint density at radius 1 is 1.42 bits per heavy atom. The zero-order valence-electron chi connectivity index (χ0n) is 11.0. The average molecular weight is 286 g/mol. The molecule has 0 aliphatic rings. The summed E-state index contributed by atoms with van der Waals surface area (Å²) in [5.74, 6) is 0.00145. The summed E-state index contributed by atoms with van der Waals surface area (Å²) in [5, 5.41) is 2.61. The molecule has 0 radical (unpaired) electrons. The molecule has 1 aromatic rings. The summed E-state index contributed by atoms with van der Waals surface area (Å²) in [6.45, 7) is 0.814. The van der Waals surface area contributed by atoms with Crippen molar-refractivity contribution in [3.8, 4) is 5.75 Å². The number of carbonyl (C=O) groups is 1. The lowest BCUT2D eigenvalue weighted by molar-refractivity contribution is -0.118. The van der Waals surface area contributed by atoms with E-state index in [1.165, 1.54) is 7.11 Å². The Morgan fingerprint density at radius 3 is 2.79 bits per heavy atom. The minimum Gasteiger partial charge on any atom is -0.495 e. The van der Waals surface area contributed by atoms with Crippen LogP contribution >= 0.6 is 0 Å². The molecule has 0 aromatic heterocycles. The quantitative estimate of drug-likeness (QED) is 0.550. The summed E-state index contributed by atoms with van der Waals surface area (Å²) in [5.41, 5.74) is 6.13. The van der Waals surface area contributed by atoms with Crippen LogP contribution in [0, 0.1) is 0 Å². The Hall–Kier alpha value is -1.60. The number of methoxy groups -OCH3 is 2. The summed E-state index contributed by atoms with van der Waals surface area (Å²) in [6.07, 6.45) is 0. The summed E-state index contributed by atoms with van der Waals surface area (Å²) in [7, 11) is 1.54. The van der Waals surface area contributed by atoms with Gasteiger partial charge in [0.25, 0.3) is 0 Å². The van der Waals surface area contributed by atoms with Gasteiger partial charge in [-0.05, 0) is 12.1 Å². The van der Waals surface area contributed by atoms with E-state index >= 15 is 0 Å². The molecule has 0 fully saturated rings. The second-order valence-corrected chi connectivity index (χ2v) is 5.16. The highest BCUT2D eigenvalue weighted by atomic mass is 32.2. The van der Waals surface area contributed by atoms with Crippen molar-refractivity contribution in [1.82, 2.24) is 5.32 Å². The maximum atomic E-state index is 12.1. The van der Waals surface area contributed by atoms with E-state index in [4.69, 9.17) is 15.2 Å². The summed E-state index contributed by atoms with van der Waals surface area (Å²) in [6, 6.07) is 4.81. The minimum atomic E-state index is -1.47. The van der Waals surface area contributed by atoms with Gasteiger partial charge in [-0.1, -0.05) is 0 Å². The lowest BCUT2D eigenvalue weighted by Gasteiger charge is -2.09. The zero-order valence-corrected chi connectivity index (χ0v) is 11.8. The van der Waals surface area contributed by atoms with Gasteiger partial charge in [0.05, 0.1) is 29.4 Å². The summed E-state index contributed by atoms with van der Waals surface area (Å²) >= 11 is 0. The average Bonchev–Trinajstić information content (AvgIpc) is 2.38. The molecule has 1 aromatic carbocycles. The molecule has 0 heterocycles. The fourth-order valence-corrected chi connectivity index (χ4v) is 2.49. The Balaban J connectivity index is 2.65. The SMILES string of the molecule is COCCNC(=O)CS(=O)c1ccc(N)cc1OC. The number of benzene rings is 1. The zero-order chi connectivity index (χ0) is 14.3. The number of anilines is 1. The van der Waals surface area contributed by atoms with E-state index in [2.05, 4.69) is 5.32 Å². The largest absolute Gasteiger partial charge is 0.495 e. The maximum absolute atomic E-state index is 12.1. The van der Waals surface area contributed by atoms with Gasteiger partial charge in [0.15, 0.2) is 0 Å². The van der Waals surface area contributed by atoms with E-state index in [1.807, 2.05) is 0 Å². The van der Waals surface area contributed by atoms with Crippen molar-refractivity contribution in [3.05, 3.63) is 18.2 Å². The molecule has 1 unspecified atom stereocenters. The highest BCUT2D eigenvalue weighted by Crippen LogP contribution is 2.24. The first-order valence-electron chi connectivity index (χ1n) is 5.66. The molecule has 1 amide bonds. The Morgan fingerprint density at radius 2 is 2.16 bits per heavy atom. The topological polar surface area (TPSA) is 90.7 Å². The number of nitrogens with two attached hydrogens (primary N) is 1. The molecule has 0 spiro atoms. The van der Waals surface area contributed by atoms with Crippen LogP contribution in [0.15, 0.2) is 23.1 Å². The van der Waals surface area contributed by atoms with Crippen molar-refractivity contribution in [2.75, 3.05) is 38.9 Å². The molecule has 0 saturated heterocycles. The number of nitrogen functional groups attached to an aromatic ring is 1. The Bertz CT molecular complexity index is 465. The molecule has 0 saturated carbocycles. The van der Waals surface area contributed by atoms with E-state index in [0.717, 1.165) is 0 Å². The normalized spacial score (nSPS) is 11.9. The van der Waals surface area contributed by atoms with Gasteiger partial charge in [-0.25, -0.2) is 0 Å². The highest BCUT2D eigenvalue weighted by Gasteiger charge is 2.14. The third kappa shape index (κ3) is 4.88. The molecule has 7 heteroatoms. The van der Waals surface area contributed by atoms with Crippen LogP contribution in [0.25, 0.3) is 0 Å². The van der Waals surface area contributed by atoms with Gasteiger partial charge in [0.2, 0.25) is 5.91 Å². The van der Waals surface area contributed by atoms with Gasteiger partial charge >= 0.3 is 0 Å². The second kappa shape index (κ2) is 7.75. The lowest BCUT2D eigenvalue weighted by atomic mass is 10.3. The molecule has 3 N–H and O–H groups in total. The van der Waals surface area contributed by atoms with Gasteiger partial charge in [-0.2, -0.15) is 0 Å². The summed E-state index contributed by atoms with van der Waals surface area (Å²) in [4.78, 5) is 12.0. The van der Waals surface area contributed by atoms with Crippen molar-refractivity contribution >= 4 is 22.4 Å². The number of hydrogen-bond acceptors (Lipinski definition) is 5. The predicted octanol–water partition coefficient (Wildman–Crippen LogP) is 0.148. The fraction of sp³-hybridized carbons (Fsp3) is 0.417.